The minimum Gasteiger partial charge on any atom is -0.486 e. The number of carbonyl (C=O) groups excluding carboxylic acids is 1. The molecule has 1 aliphatic rings. The van der Waals surface area contributed by atoms with Crippen LogP contribution in [0.4, 0.5) is 5.00 Å². The van der Waals surface area contributed by atoms with Crippen LogP contribution in [0.25, 0.3) is 0 Å². The van der Waals surface area contributed by atoms with Crippen molar-refractivity contribution in [2.75, 3.05) is 11.1 Å². The monoisotopic (exact) mass is 523 g/mol. The molecule has 4 rings (SSSR count). The number of fused-ring (bicyclic) bond motifs is 1. The number of anilines is 1. The maximum Gasteiger partial charge on any atom is 0.235 e. The quantitative estimate of drug-likeness (QED) is 0.366. The largest absolute Gasteiger partial charge is 0.486 e. The van der Waals surface area contributed by atoms with Crippen LogP contribution in [0.15, 0.2) is 29.4 Å². The van der Waals surface area contributed by atoms with Crippen LogP contribution >= 0.6 is 23.1 Å². The summed E-state index contributed by atoms with van der Waals surface area (Å²) in [6.45, 7) is 11.8. The average Bonchev–Trinajstić information content (AvgIpc) is 3.40. The van der Waals surface area contributed by atoms with Crippen LogP contribution in [0.5, 0.6) is 5.75 Å². The third-order valence-corrected chi connectivity index (χ3v) is 8.54. The molecule has 1 N–H and O–H groups in total. The Bertz CT molecular complexity index is 1270. The van der Waals surface area contributed by atoms with E-state index in [-0.39, 0.29) is 17.1 Å². The molecular formula is C27H33N5O2S2. The van der Waals surface area contributed by atoms with Crippen molar-refractivity contribution in [2.24, 2.45) is 5.92 Å². The van der Waals surface area contributed by atoms with Gasteiger partial charge in [0, 0.05) is 11.4 Å². The van der Waals surface area contributed by atoms with E-state index >= 15 is 0 Å². The van der Waals surface area contributed by atoms with Gasteiger partial charge in [-0.25, -0.2) is 0 Å². The Morgan fingerprint density at radius 2 is 2.06 bits per heavy atom. The number of aromatic nitrogens is 3. The van der Waals surface area contributed by atoms with Crippen LogP contribution in [0.1, 0.15) is 68.4 Å². The van der Waals surface area contributed by atoms with Gasteiger partial charge in [0.1, 0.15) is 23.4 Å². The Hall–Kier alpha value is -2.83. The lowest BCUT2D eigenvalue weighted by atomic mass is 9.87. The summed E-state index contributed by atoms with van der Waals surface area (Å²) < 4.78 is 7.92. The van der Waals surface area contributed by atoms with Crippen LogP contribution in [-0.4, -0.2) is 26.4 Å². The number of ether oxygens (including phenoxy) is 1. The molecule has 7 nitrogen and oxygen atoms in total. The van der Waals surface area contributed by atoms with Gasteiger partial charge in [-0.3, -0.25) is 4.79 Å². The van der Waals surface area contributed by atoms with Gasteiger partial charge in [0.2, 0.25) is 5.91 Å². The van der Waals surface area contributed by atoms with Gasteiger partial charge >= 0.3 is 0 Å². The van der Waals surface area contributed by atoms with Crippen molar-refractivity contribution in [3.8, 4) is 11.8 Å². The molecular weight excluding hydrogens is 490 g/mol. The van der Waals surface area contributed by atoms with Crippen molar-refractivity contribution < 1.29 is 9.53 Å². The second-order valence-electron chi connectivity index (χ2n) is 10.2. The number of hydrogen-bond donors (Lipinski definition) is 1. The number of thiophene rings is 1. The molecule has 2 aromatic heterocycles. The number of benzene rings is 1. The smallest absolute Gasteiger partial charge is 0.235 e. The van der Waals surface area contributed by atoms with E-state index in [4.69, 9.17) is 4.74 Å². The van der Waals surface area contributed by atoms with Crippen LogP contribution in [-0.2, 0) is 36.2 Å². The maximum absolute atomic E-state index is 12.7. The summed E-state index contributed by atoms with van der Waals surface area (Å²) in [6.07, 6.45) is 2.97. The summed E-state index contributed by atoms with van der Waals surface area (Å²) in [6, 6.07) is 10.4. The molecule has 190 valence electrons. The molecule has 1 atom stereocenters. The lowest BCUT2D eigenvalue weighted by Gasteiger charge is -2.19. The Balaban J connectivity index is 1.35. The molecule has 0 saturated carbocycles. The fourth-order valence-electron chi connectivity index (χ4n) is 4.30. The van der Waals surface area contributed by atoms with Gasteiger partial charge in [-0.15, -0.1) is 21.5 Å². The molecule has 36 heavy (non-hydrogen) atoms. The zero-order chi connectivity index (χ0) is 25.9. The van der Waals surface area contributed by atoms with Gasteiger partial charge < -0.3 is 14.6 Å². The van der Waals surface area contributed by atoms with E-state index in [0.29, 0.717) is 40.6 Å². The minimum absolute atomic E-state index is 0.0942. The van der Waals surface area contributed by atoms with Crippen LogP contribution in [0.3, 0.4) is 0 Å². The van der Waals surface area contributed by atoms with E-state index < -0.39 is 0 Å². The number of carbonyl (C=O) groups is 1. The number of hydrogen-bond acceptors (Lipinski definition) is 7. The third kappa shape index (κ3) is 5.93. The number of amides is 1. The zero-order valence-corrected chi connectivity index (χ0v) is 23.2. The van der Waals surface area contributed by atoms with Crippen LogP contribution in [0.2, 0.25) is 0 Å². The molecule has 1 unspecified atom stereocenters. The number of rotatable bonds is 8. The Morgan fingerprint density at radius 3 is 2.72 bits per heavy atom. The highest BCUT2D eigenvalue weighted by Crippen LogP contribution is 2.39. The lowest BCUT2D eigenvalue weighted by Crippen LogP contribution is -2.15. The SMILES string of the molecule is CCn1c(COc2ccc(C(C)(C)C)cc2)nnc1SCC(=O)Nc1sc2c(c1C#N)CCC(C)C2. The van der Waals surface area contributed by atoms with Gasteiger partial charge in [-0.1, -0.05) is 51.6 Å². The van der Waals surface area contributed by atoms with E-state index in [1.807, 2.05) is 23.6 Å². The fraction of sp³-hybridized carbons (Fsp3) is 0.481. The van der Waals surface area contributed by atoms with Gasteiger partial charge in [-0.2, -0.15) is 5.26 Å². The molecule has 1 aromatic carbocycles. The first-order chi connectivity index (χ1) is 17.2. The lowest BCUT2D eigenvalue weighted by molar-refractivity contribution is -0.113. The third-order valence-electron chi connectivity index (χ3n) is 6.41. The molecule has 0 bridgehead atoms. The van der Waals surface area contributed by atoms with Crippen molar-refractivity contribution in [2.45, 2.75) is 77.6 Å². The first kappa shape index (κ1) is 26.2. The maximum atomic E-state index is 12.7. The predicted molar refractivity (Wildman–Crippen MR) is 145 cm³/mol. The summed E-state index contributed by atoms with van der Waals surface area (Å²) >= 11 is 2.88. The van der Waals surface area contributed by atoms with Gasteiger partial charge in [-0.05, 0) is 60.8 Å². The molecule has 0 saturated heterocycles. The number of nitrogens with zero attached hydrogens (tertiary/aromatic N) is 4. The summed E-state index contributed by atoms with van der Waals surface area (Å²) in [5.41, 5.74) is 3.10. The van der Waals surface area contributed by atoms with Crippen molar-refractivity contribution >= 4 is 34.0 Å². The highest BCUT2D eigenvalue weighted by molar-refractivity contribution is 7.99. The zero-order valence-electron chi connectivity index (χ0n) is 21.6. The molecule has 0 spiro atoms. The normalized spacial score (nSPS) is 15.3. The van der Waals surface area contributed by atoms with Crippen molar-refractivity contribution in [1.29, 1.82) is 5.26 Å². The average molecular weight is 524 g/mol. The standard InChI is InChI=1S/C27H33N5O2S2/c1-6-32-23(15-34-19-10-8-18(9-11-19)27(3,4)5)30-31-26(32)35-16-24(33)29-25-21(14-28)20-12-7-17(2)13-22(20)36-25/h8-11,17H,6-7,12-13,15-16H2,1-5H3,(H,29,33). The van der Waals surface area contributed by atoms with Gasteiger partial charge in [0.15, 0.2) is 11.0 Å². The second-order valence-corrected chi connectivity index (χ2v) is 12.3. The highest BCUT2D eigenvalue weighted by Gasteiger charge is 2.25. The first-order valence-electron chi connectivity index (χ1n) is 12.3. The van der Waals surface area contributed by atoms with Crippen LogP contribution < -0.4 is 10.1 Å². The Morgan fingerprint density at radius 1 is 1.31 bits per heavy atom. The number of nitrogens with one attached hydrogen (secondary N) is 1. The topological polar surface area (TPSA) is 92.8 Å². The van der Waals surface area contributed by atoms with Gasteiger partial charge in [0.25, 0.3) is 0 Å². The summed E-state index contributed by atoms with van der Waals surface area (Å²) in [5, 5.41) is 22.6. The van der Waals surface area contributed by atoms with Crippen molar-refractivity contribution in [3.63, 3.8) is 0 Å². The highest BCUT2D eigenvalue weighted by atomic mass is 32.2. The van der Waals surface area contributed by atoms with E-state index in [0.717, 1.165) is 30.6 Å². The predicted octanol–water partition coefficient (Wildman–Crippen LogP) is 5.96. The fourth-order valence-corrected chi connectivity index (χ4v) is 6.50. The molecule has 3 aromatic rings. The summed E-state index contributed by atoms with van der Waals surface area (Å²) in [5.74, 6) is 2.15. The first-order valence-corrected chi connectivity index (χ1v) is 14.1. The van der Waals surface area contributed by atoms with Crippen molar-refractivity contribution in [1.82, 2.24) is 14.8 Å². The second kappa shape index (κ2) is 11.1. The molecule has 9 heteroatoms. The molecule has 0 aliphatic heterocycles. The molecule has 1 amide bonds. The molecule has 2 heterocycles. The summed E-state index contributed by atoms with van der Waals surface area (Å²) in [7, 11) is 0. The van der Waals surface area contributed by atoms with Gasteiger partial charge in [0.05, 0.1) is 11.3 Å². The molecule has 0 radical (unpaired) electrons. The number of thioether (sulfide) groups is 1. The summed E-state index contributed by atoms with van der Waals surface area (Å²) in [4.78, 5) is 14.0. The Kier molecular flexibility index (Phi) is 8.06. The van der Waals surface area contributed by atoms with Crippen molar-refractivity contribution in [3.05, 3.63) is 51.7 Å². The molecule has 1 aliphatic carbocycles. The molecule has 0 fully saturated rings. The minimum atomic E-state index is -0.148. The Labute approximate surface area is 221 Å². The van der Waals surface area contributed by atoms with E-state index in [9.17, 15) is 10.1 Å². The van der Waals surface area contributed by atoms with E-state index in [1.54, 1.807) is 11.3 Å². The van der Waals surface area contributed by atoms with Crippen LogP contribution in [0, 0.1) is 17.2 Å². The number of nitriles is 1. The van der Waals surface area contributed by atoms with E-state index in [1.165, 1.54) is 22.2 Å². The van der Waals surface area contributed by atoms with E-state index in [2.05, 4.69) is 61.4 Å².